The van der Waals surface area contributed by atoms with Gasteiger partial charge in [0.15, 0.2) is 0 Å². The molecule has 0 spiro atoms. The minimum absolute atomic E-state index is 0.258. The Bertz CT molecular complexity index is 581. The summed E-state index contributed by atoms with van der Waals surface area (Å²) in [4.78, 5) is 0. The Hall–Kier alpha value is -1.87. The number of nitrogens with one attached hydrogen (secondary N) is 1. The first-order valence-corrected chi connectivity index (χ1v) is 6.76. The van der Waals surface area contributed by atoms with E-state index in [0.29, 0.717) is 11.8 Å². The van der Waals surface area contributed by atoms with Gasteiger partial charge in [-0.15, -0.1) is 0 Å². The van der Waals surface area contributed by atoms with Gasteiger partial charge in [-0.1, -0.05) is 32.0 Å². The molecule has 0 aliphatic heterocycles. The molecule has 0 saturated heterocycles. The molecular formula is C17H20FNO. The van der Waals surface area contributed by atoms with Crippen LogP contribution in [0, 0.1) is 5.82 Å². The Balaban J connectivity index is 2.33. The van der Waals surface area contributed by atoms with Gasteiger partial charge in [0.25, 0.3) is 0 Å². The van der Waals surface area contributed by atoms with Gasteiger partial charge in [-0.25, -0.2) is 4.39 Å². The number of rotatable bonds is 5. The van der Waals surface area contributed by atoms with Crippen molar-refractivity contribution in [2.75, 3.05) is 7.11 Å². The molecule has 106 valence electrons. The van der Waals surface area contributed by atoms with Crippen LogP contribution in [0.1, 0.15) is 19.4 Å². The molecule has 0 fully saturated rings. The quantitative estimate of drug-likeness (QED) is 0.889. The SMILES string of the molecule is COc1ccc(F)cc1-c1cccc(CNC(C)C)c1. The summed E-state index contributed by atoms with van der Waals surface area (Å²) in [7, 11) is 1.60. The number of halogens is 1. The van der Waals surface area contributed by atoms with Crippen molar-refractivity contribution in [1.82, 2.24) is 5.32 Å². The largest absolute Gasteiger partial charge is 0.496 e. The zero-order valence-electron chi connectivity index (χ0n) is 12.1. The van der Waals surface area contributed by atoms with Crippen molar-refractivity contribution in [1.29, 1.82) is 0 Å². The van der Waals surface area contributed by atoms with E-state index in [9.17, 15) is 4.39 Å². The first-order chi connectivity index (χ1) is 9.60. The predicted octanol–water partition coefficient (Wildman–Crippen LogP) is 4.00. The second-order valence-electron chi connectivity index (χ2n) is 5.08. The maximum absolute atomic E-state index is 13.5. The zero-order chi connectivity index (χ0) is 14.5. The van der Waals surface area contributed by atoms with Gasteiger partial charge in [-0.2, -0.15) is 0 Å². The average molecular weight is 273 g/mol. The molecule has 1 N–H and O–H groups in total. The van der Waals surface area contributed by atoms with E-state index < -0.39 is 0 Å². The summed E-state index contributed by atoms with van der Waals surface area (Å²) in [6.45, 7) is 5.02. The molecule has 0 aliphatic carbocycles. The van der Waals surface area contributed by atoms with Gasteiger partial charge < -0.3 is 10.1 Å². The summed E-state index contributed by atoms with van der Waals surface area (Å²) in [5.41, 5.74) is 2.91. The summed E-state index contributed by atoms with van der Waals surface area (Å²) in [6.07, 6.45) is 0. The average Bonchev–Trinajstić information content (AvgIpc) is 2.45. The van der Waals surface area contributed by atoms with E-state index in [0.717, 1.165) is 17.7 Å². The van der Waals surface area contributed by atoms with Gasteiger partial charge in [0.05, 0.1) is 7.11 Å². The summed E-state index contributed by atoms with van der Waals surface area (Å²) in [5.74, 6) is 0.423. The second kappa shape index (κ2) is 6.53. The number of ether oxygens (including phenoxy) is 1. The van der Waals surface area contributed by atoms with Crippen LogP contribution >= 0.6 is 0 Å². The van der Waals surface area contributed by atoms with Gasteiger partial charge >= 0.3 is 0 Å². The molecule has 0 amide bonds. The van der Waals surface area contributed by atoms with Crippen molar-refractivity contribution in [2.45, 2.75) is 26.4 Å². The fourth-order valence-corrected chi connectivity index (χ4v) is 2.08. The number of hydrogen-bond donors (Lipinski definition) is 1. The predicted molar refractivity (Wildman–Crippen MR) is 80.4 cm³/mol. The molecule has 0 aliphatic rings. The van der Waals surface area contributed by atoms with Crippen LogP contribution in [0.4, 0.5) is 4.39 Å². The molecule has 20 heavy (non-hydrogen) atoms. The minimum Gasteiger partial charge on any atom is -0.496 e. The van der Waals surface area contributed by atoms with Crippen molar-refractivity contribution in [2.24, 2.45) is 0 Å². The smallest absolute Gasteiger partial charge is 0.126 e. The minimum atomic E-state index is -0.258. The second-order valence-corrected chi connectivity index (χ2v) is 5.08. The normalized spacial score (nSPS) is 10.8. The topological polar surface area (TPSA) is 21.3 Å². The lowest BCUT2D eigenvalue weighted by molar-refractivity contribution is 0.415. The molecule has 2 aromatic carbocycles. The molecule has 2 nitrogen and oxygen atoms in total. The monoisotopic (exact) mass is 273 g/mol. The van der Waals surface area contributed by atoms with Crippen LogP contribution in [0.25, 0.3) is 11.1 Å². The fourth-order valence-electron chi connectivity index (χ4n) is 2.08. The molecule has 0 radical (unpaired) electrons. The molecule has 0 unspecified atom stereocenters. The Morgan fingerprint density at radius 3 is 2.65 bits per heavy atom. The van der Waals surface area contributed by atoms with Gasteiger partial charge in [-0.05, 0) is 35.4 Å². The maximum atomic E-state index is 13.5. The van der Waals surface area contributed by atoms with Crippen LogP contribution in [-0.2, 0) is 6.54 Å². The lowest BCUT2D eigenvalue weighted by Crippen LogP contribution is -2.21. The molecule has 0 heterocycles. The molecule has 0 aromatic heterocycles. The standard InChI is InChI=1S/C17H20FNO/c1-12(2)19-11-13-5-4-6-14(9-13)16-10-15(18)7-8-17(16)20-3/h4-10,12,19H,11H2,1-3H3. The number of hydrogen-bond acceptors (Lipinski definition) is 2. The fraction of sp³-hybridized carbons (Fsp3) is 0.294. The maximum Gasteiger partial charge on any atom is 0.126 e. The number of benzene rings is 2. The van der Waals surface area contributed by atoms with Crippen molar-refractivity contribution >= 4 is 0 Å². The van der Waals surface area contributed by atoms with Crippen LogP contribution in [-0.4, -0.2) is 13.2 Å². The van der Waals surface area contributed by atoms with Crippen molar-refractivity contribution in [3.8, 4) is 16.9 Å². The molecule has 3 heteroatoms. The van der Waals surface area contributed by atoms with Gasteiger partial charge in [0, 0.05) is 18.2 Å². The summed E-state index contributed by atoms with van der Waals surface area (Å²) in [5, 5.41) is 3.38. The van der Waals surface area contributed by atoms with Crippen molar-refractivity contribution in [3.63, 3.8) is 0 Å². The van der Waals surface area contributed by atoms with E-state index in [1.54, 1.807) is 13.2 Å². The number of methoxy groups -OCH3 is 1. The lowest BCUT2D eigenvalue weighted by atomic mass is 10.0. The van der Waals surface area contributed by atoms with Crippen LogP contribution in [0.3, 0.4) is 0 Å². The van der Waals surface area contributed by atoms with Crippen LogP contribution in [0.15, 0.2) is 42.5 Å². The molecule has 2 rings (SSSR count). The van der Waals surface area contributed by atoms with Crippen molar-refractivity contribution in [3.05, 3.63) is 53.8 Å². The highest BCUT2D eigenvalue weighted by Gasteiger charge is 2.08. The van der Waals surface area contributed by atoms with E-state index in [1.165, 1.54) is 17.7 Å². The first kappa shape index (κ1) is 14.5. The molecule has 2 aromatic rings. The summed E-state index contributed by atoms with van der Waals surface area (Å²) in [6, 6.07) is 13.1. The third-order valence-electron chi connectivity index (χ3n) is 3.11. The van der Waals surface area contributed by atoms with E-state index in [4.69, 9.17) is 4.74 Å². The van der Waals surface area contributed by atoms with Gasteiger partial charge in [-0.3, -0.25) is 0 Å². The van der Waals surface area contributed by atoms with E-state index in [2.05, 4.69) is 31.3 Å². The Morgan fingerprint density at radius 1 is 1.15 bits per heavy atom. The van der Waals surface area contributed by atoms with E-state index in [-0.39, 0.29) is 5.82 Å². The van der Waals surface area contributed by atoms with Crippen LogP contribution in [0.5, 0.6) is 5.75 Å². The zero-order valence-corrected chi connectivity index (χ0v) is 12.1. The van der Waals surface area contributed by atoms with E-state index in [1.807, 2.05) is 12.1 Å². The molecule has 0 bridgehead atoms. The third kappa shape index (κ3) is 3.58. The Labute approximate surface area is 119 Å². The summed E-state index contributed by atoms with van der Waals surface area (Å²) < 4.78 is 18.8. The van der Waals surface area contributed by atoms with Crippen molar-refractivity contribution < 1.29 is 9.13 Å². The van der Waals surface area contributed by atoms with E-state index >= 15 is 0 Å². The molecule has 0 saturated carbocycles. The Morgan fingerprint density at radius 2 is 1.95 bits per heavy atom. The van der Waals surface area contributed by atoms with Gasteiger partial charge in [0.2, 0.25) is 0 Å². The van der Waals surface area contributed by atoms with Crippen LogP contribution in [0.2, 0.25) is 0 Å². The molecule has 0 atom stereocenters. The highest BCUT2D eigenvalue weighted by molar-refractivity contribution is 5.71. The molecular weight excluding hydrogens is 253 g/mol. The van der Waals surface area contributed by atoms with Crippen LogP contribution < -0.4 is 10.1 Å². The van der Waals surface area contributed by atoms with Gasteiger partial charge in [0.1, 0.15) is 11.6 Å². The Kier molecular flexibility index (Phi) is 4.74. The first-order valence-electron chi connectivity index (χ1n) is 6.76. The lowest BCUT2D eigenvalue weighted by Gasteiger charge is -2.12. The third-order valence-corrected chi connectivity index (χ3v) is 3.11. The highest BCUT2D eigenvalue weighted by atomic mass is 19.1. The summed E-state index contributed by atoms with van der Waals surface area (Å²) >= 11 is 0. The highest BCUT2D eigenvalue weighted by Crippen LogP contribution is 2.31.